The molecule has 0 aliphatic carbocycles. The predicted octanol–water partition coefficient (Wildman–Crippen LogP) is 4.39. The number of thiazole rings is 1. The molecule has 118 valence electrons. The molecule has 1 N–H and O–H groups in total. The zero-order valence-electron chi connectivity index (χ0n) is 13.2. The van der Waals surface area contributed by atoms with E-state index in [1.54, 1.807) is 29.2 Å². The number of aryl methyl sites for hydroxylation is 2. The van der Waals surface area contributed by atoms with Crippen LogP contribution in [0.5, 0.6) is 0 Å². The Bertz CT molecular complexity index is 893. The van der Waals surface area contributed by atoms with Crippen LogP contribution in [0.2, 0.25) is 0 Å². The second-order valence-electron chi connectivity index (χ2n) is 5.13. The van der Waals surface area contributed by atoms with E-state index in [1.807, 2.05) is 61.0 Å². The van der Waals surface area contributed by atoms with Crippen molar-refractivity contribution >= 4 is 45.7 Å². The molecular formula is C17H17N3OS2. The van der Waals surface area contributed by atoms with Crippen molar-refractivity contribution in [1.29, 1.82) is 0 Å². The van der Waals surface area contributed by atoms with Crippen molar-refractivity contribution in [1.82, 2.24) is 9.38 Å². The van der Waals surface area contributed by atoms with E-state index in [4.69, 9.17) is 0 Å². The van der Waals surface area contributed by atoms with Crippen LogP contribution < -0.4 is 5.32 Å². The standard InChI is InChI=1S/C17H17N3OS2/c1-11-10-20-15(12(2)18-17(20)23-11)7-8-16(21)19-13-5-4-6-14(9-13)22-3/h4-10H,1-3H3,(H,19,21)/b8-7+. The lowest BCUT2D eigenvalue weighted by Gasteiger charge is -2.03. The molecule has 0 atom stereocenters. The maximum atomic E-state index is 12.1. The summed E-state index contributed by atoms with van der Waals surface area (Å²) in [6.45, 7) is 4.00. The summed E-state index contributed by atoms with van der Waals surface area (Å²) in [5, 5.41) is 2.89. The van der Waals surface area contributed by atoms with Crippen molar-refractivity contribution in [3.05, 3.63) is 52.8 Å². The first-order valence-corrected chi connectivity index (χ1v) is 9.19. The molecule has 3 aromatic rings. The number of rotatable bonds is 4. The third-order valence-electron chi connectivity index (χ3n) is 3.39. The van der Waals surface area contributed by atoms with E-state index in [0.717, 1.165) is 26.9 Å². The maximum Gasteiger partial charge on any atom is 0.248 e. The lowest BCUT2D eigenvalue weighted by molar-refractivity contribution is -0.111. The zero-order chi connectivity index (χ0) is 16.4. The van der Waals surface area contributed by atoms with Gasteiger partial charge in [-0.1, -0.05) is 6.07 Å². The van der Waals surface area contributed by atoms with Crippen LogP contribution in [-0.4, -0.2) is 21.5 Å². The van der Waals surface area contributed by atoms with E-state index >= 15 is 0 Å². The Morgan fingerprint density at radius 1 is 1.39 bits per heavy atom. The lowest BCUT2D eigenvalue weighted by Crippen LogP contribution is -2.07. The first kappa shape index (κ1) is 15.8. The quantitative estimate of drug-likeness (QED) is 0.564. The van der Waals surface area contributed by atoms with Crippen LogP contribution in [0.3, 0.4) is 0 Å². The Balaban J connectivity index is 1.78. The number of aromatic nitrogens is 2. The Morgan fingerprint density at radius 3 is 3.00 bits per heavy atom. The van der Waals surface area contributed by atoms with Gasteiger partial charge in [-0.25, -0.2) is 4.98 Å². The number of fused-ring (bicyclic) bond motifs is 1. The van der Waals surface area contributed by atoms with Gasteiger partial charge >= 0.3 is 0 Å². The van der Waals surface area contributed by atoms with E-state index in [-0.39, 0.29) is 5.91 Å². The number of carbonyl (C=O) groups is 1. The van der Waals surface area contributed by atoms with E-state index < -0.39 is 0 Å². The largest absolute Gasteiger partial charge is 0.322 e. The molecule has 0 saturated heterocycles. The van der Waals surface area contributed by atoms with Gasteiger partial charge in [0.1, 0.15) is 0 Å². The summed E-state index contributed by atoms with van der Waals surface area (Å²) in [7, 11) is 0. The molecule has 0 aliphatic heterocycles. The fraction of sp³-hybridized carbons (Fsp3) is 0.176. The Morgan fingerprint density at radius 2 is 2.22 bits per heavy atom. The van der Waals surface area contributed by atoms with Crippen molar-refractivity contribution in [2.24, 2.45) is 0 Å². The van der Waals surface area contributed by atoms with E-state index in [9.17, 15) is 4.79 Å². The number of nitrogens with zero attached hydrogens (tertiary/aromatic N) is 2. The molecule has 0 spiro atoms. The van der Waals surface area contributed by atoms with Crippen LogP contribution in [0.15, 0.2) is 41.4 Å². The molecule has 0 unspecified atom stereocenters. The van der Waals surface area contributed by atoms with Crippen molar-refractivity contribution in [2.75, 3.05) is 11.6 Å². The minimum absolute atomic E-state index is 0.149. The summed E-state index contributed by atoms with van der Waals surface area (Å²) in [5.41, 5.74) is 2.66. The molecule has 2 heterocycles. The SMILES string of the molecule is CSc1cccc(NC(=O)/C=C/c2c(C)nc3sc(C)cn23)c1. The normalized spacial score (nSPS) is 11.4. The van der Waals surface area contributed by atoms with Gasteiger partial charge in [0.25, 0.3) is 0 Å². The summed E-state index contributed by atoms with van der Waals surface area (Å²) in [4.78, 5) is 19.9. The number of anilines is 1. The molecule has 0 saturated carbocycles. The lowest BCUT2D eigenvalue weighted by atomic mass is 10.3. The number of hydrogen-bond acceptors (Lipinski definition) is 4. The molecule has 1 amide bonds. The third kappa shape index (κ3) is 3.48. The molecule has 0 fully saturated rings. The molecule has 1 aromatic carbocycles. The molecular weight excluding hydrogens is 326 g/mol. The monoisotopic (exact) mass is 343 g/mol. The van der Waals surface area contributed by atoms with Gasteiger partial charge in [0.2, 0.25) is 5.91 Å². The predicted molar refractivity (Wildman–Crippen MR) is 98.4 cm³/mol. The van der Waals surface area contributed by atoms with Gasteiger partial charge in [-0.05, 0) is 44.4 Å². The van der Waals surface area contributed by atoms with Gasteiger partial charge in [0.15, 0.2) is 4.96 Å². The van der Waals surface area contributed by atoms with Gasteiger partial charge < -0.3 is 5.32 Å². The highest BCUT2D eigenvalue weighted by molar-refractivity contribution is 7.98. The Kier molecular flexibility index (Phi) is 4.54. The third-order valence-corrected chi connectivity index (χ3v) is 5.02. The summed E-state index contributed by atoms with van der Waals surface area (Å²) >= 11 is 3.29. The number of hydrogen-bond donors (Lipinski definition) is 1. The number of thioether (sulfide) groups is 1. The highest BCUT2D eigenvalue weighted by Gasteiger charge is 2.09. The summed E-state index contributed by atoms with van der Waals surface area (Å²) in [5.74, 6) is -0.149. The van der Waals surface area contributed by atoms with Crippen LogP contribution in [0.1, 0.15) is 16.3 Å². The van der Waals surface area contributed by atoms with Crippen LogP contribution in [0, 0.1) is 13.8 Å². The van der Waals surface area contributed by atoms with Crippen molar-refractivity contribution in [2.45, 2.75) is 18.7 Å². The minimum atomic E-state index is -0.149. The summed E-state index contributed by atoms with van der Waals surface area (Å²) in [6, 6.07) is 7.79. The van der Waals surface area contributed by atoms with Gasteiger partial charge in [-0.3, -0.25) is 9.20 Å². The topological polar surface area (TPSA) is 46.4 Å². The molecule has 0 radical (unpaired) electrons. The second kappa shape index (κ2) is 6.60. The van der Waals surface area contributed by atoms with Gasteiger partial charge in [-0.15, -0.1) is 23.1 Å². The average Bonchev–Trinajstić information content (AvgIpc) is 3.00. The van der Waals surface area contributed by atoms with Gasteiger partial charge in [-0.2, -0.15) is 0 Å². The Hall–Kier alpha value is -2.05. The smallest absolute Gasteiger partial charge is 0.248 e. The number of nitrogens with one attached hydrogen (secondary N) is 1. The summed E-state index contributed by atoms with van der Waals surface area (Å²) < 4.78 is 2.02. The van der Waals surface area contributed by atoms with Gasteiger partial charge in [0.05, 0.1) is 11.4 Å². The summed E-state index contributed by atoms with van der Waals surface area (Å²) in [6.07, 6.45) is 7.42. The molecule has 6 heteroatoms. The van der Waals surface area contributed by atoms with E-state index in [0.29, 0.717) is 0 Å². The van der Waals surface area contributed by atoms with Crippen LogP contribution in [0.4, 0.5) is 5.69 Å². The molecule has 2 aromatic heterocycles. The van der Waals surface area contributed by atoms with Crippen LogP contribution >= 0.6 is 23.1 Å². The van der Waals surface area contributed by atoms with Crippen molar-refractivity contribution in [3.63, 3.8) is 0 Å². The highest BCUT2D eigenvalue weighted by atomic mass is 32.2. The van der Waals surface area contributed by atoms with Crippen LogP contribution in [-0.2, 0) is 4.79 Å². The molecule has 0 aliphatic rings. The number of benzene rings is 1. The fourth-order valence-corrected chi connectivity index (χ4v) is 3.66. The fourth-order valence-electron chi connectivity index (χ4n) is 2.32. The first-order valence-electron chi connectivity index (χ1n) is 7.15. The Labute approximate surface area is 143 Å². The van der Waals surface area contributed by atoms with Gasteiger partial charge in [0, 0.05) is 27.7 Å². The van der Waals surface area contributed by atoms with Crippen LogP contribution in [0.25, 0.3) is 11.0 Å². The first-order chi connectivity index (χ1) is 11.1. The number of carbonyl (C=O) groups excluding carboxylic acids is 1. The molecule has 23 heavy (non-hydrogen) atoms. The van der Waals surface area contributed by atoms with Crippen molar-refractivity contribution in [3.8, 4) is 0 Å². The highest BCUT2D eigenvalue weighted by Crippen LogP contribution is 2.22. The second-order valence-corrected chi connectivity index (χ2v) is 7.22. The average molecular weight is 343 g/mol. The molecule has 4 nitrogen and oxygen atoms in total. The molecule has 0 bridgehead atoms. The molecule has 3 rings (SSSR count). The number of amides is 1. The minimum Gasteiger partial charge on any atom is -0.322 e. The van der Waals surface area contributed by atoms with E-state index in [1.165, 1.54) is 4.88 Å². The number of imidazole rings is 1. The van der Waals surface area contributed by atoms with Crippen molar-refractivity contribution < 1.29 is 4.79 Å². The zero-order valence-corrected chi connectivity index (χ0v) is 14.8. The van der Waals surface area contributed by atoms with E-state index in [2.05, 4.69) is 10.3 Å². The maximum absolute atomic E-state index is 12.1.